The molecule has 0 heterocycles. The number of hydrogen-bond donors (Lipinski definition) is 0. The van der Waals surface area contributed by atoms with Gasteiger partial charge in [0, 0.05) is 0 Å². The molecule has 0 saturated heterocycles. The third-order valence-corrected chi connectivity index (χ3v) is 4.30. The minimum absolute atomic E-state index is 1.11. The van der Waals surface area contributed by atoms with Crippen molar-refractivity contribution in [2.75, 3.05) is 0 Å². The zero-order valence-corrected chi connectivity index (χ0v) is 9.55. The van der Waals surface area contributed by atoms with Crippen molar-refractivity contribution in [2.45, 2.75) is 38.5 Å². The molecule has 0 aromatic heterocycles. The Kier molecular flexibility index (Phi) is 1.71. The number of hydrogen-bond acceptors (Lipinski definition) is 0. The van der Waals surface area contributed by atoms with Gasteiger partial charge in [0.1, 0.15) is 0 Å². The summed E-state index contributed by atoms with van der Waals surface area (Å²) in [6.45, 7) is 0. The van der Waals surface area contributed by atoms with Crippen LogP contribution in [-0.4, -0.2) is 0 Å². The SMILES string of the molecule is C1=Cc2c3c4c(cc2=CC1)CCC=4CCC3. The summed E-state index contributed by atoms with van der Waals surface area (Å²) >= 11 is 0. The highest BCUT2D eigenvalue weighted by atomic mass is 14.3. The topological polar surface area (TPSA) is 0 Å². The molecule has 0 spiro atoms. The Balaban J connectivity index is 2.20. The fraction of sp³-hybridized carbons (Fsp3) is 0.375. The van der Waals surface area contributed by atoms with Crippen LogP contribution in [0.25, 0.3) is 17.7 Å². The summed E-state index contributed by atoms with van der Waals surface area (Å²) in [5.41, 5.74) is 6.58. The molecule has 3 aliphatic rings. The molecule has 0 fully saturated rings. The first-order valence-corrected chi connectivity index (χ1v) is 6.47. The first-order valence-electron chi connectivity index (χ1n) is 6.47. The third kappa shape index (κ3) is 1.05. The molecule has 4 rings (SSSR count). The van der Waals surface area contributed by atoms with E-state index in [9.17, 15) is 0 Å². The molecule has 0 unspecified atom stereocenters. The second kappa shape index (κ2) is 3.10. The van der Waals surface area contributed by atoms with E-state index in [0.717, 1.165) is 6.42 Å². The molecule has 0 radical (unpaired) electrons. The zero-order valence-electron chi connectivity index (χ0n) is 9.55. The lowest BCUT2D eigenvalue weighted by molar-refractivity contribution is 0.808. The average Bonchev–Trinajstić information content (AvgIpc) is 2.75. The van der Waals surface area contributed by atoms with Crippen molar-refractivity contribution in [1.29, 1.82) is 0 Å². The lowest BCUT2D eigenvalue weighted by Crippen LogP contribution is -2.26. The first-order chi connectivity index (χ1) is 7.93. The van der Waals surface area contributed by atoms with E-state index in [1.807, 2.05) is 0 Å². The highest BCUT2D eigenvalue weighted by Crippen LogP contribution is 2.26. The molecule has 0 aliphatic heterocycles. The maximum absolute atomic E-state index is 2.45. The van der Waals surface area contributed by atoms with E-state index in [0.29, 0.717) is 0 Å². The summed E-state index contributed by atoms with van der Waals surface area (Å²) in [5.74, 6) is 0. The van der Waals surface area contributed by atoms with Crippen molar-refractivity contribution >= 4 is 17.7 Å². The Morgan fingerprint density at radius 1 is 1.00 bits per heavy atom. The quantitative estimate of drug-likeness (QED) is 0.614. The van der Waals surface area contributed by atoms with Gasteiger partial charge in [-0.15, -0.1) is 0 Å². The van der Waals surface area contributed by atoms with E-state index >= 15 is 0 Å². The van der Waals surface area contributed by atoms with Crippen molar-refractivity contribution in [3.63, 3.8) is 0 Å². The van der Waals surface area contributed by atoms with E-state index < -0.39 is 0 Å². The van der Waals surface area contributed by atoms with Gasteiger partial charge >= 0.3 is 0 Å². The molecule has 0 amide bonds. The zero-order chi connectivity index (χ0) is 10.5. The fourth-order valence-electron chi connectivity index (χ4n) is 3.62. The normalized spacial score (nSPS) is 20.4. The van der Waals surface area contributed by atoms with Gasteiger partial charge in [-0.3, -0.25) is 0 Å². The molecule has 1 aromatic carbocycles. The minimum Gasteiger partial charge on any atom is -0.0801 e. The molecule has 0 atom stereocenters. The van der Waals surface area contributed by atoms with Crippen LogP contribution in [0.3, 0.4) is 0 Å². The van der Waals surface area contributed by atoms with Crippen molar-refractivity contribution in [1.82, 2.24) is 0 Å². The van der Waals surface area contributed by atoms with Crippen molar-refractivity contribution < 1.29 is 0 Å². The van der Waals surface area contributed by atoms with Gasteiger partial charge in [-0.05, 0) is 65.7 Å². The van der Waals surface area contributed by atoms with Crippen LogP contribution in [0, 0.1) is 0 Å². The van der Waals surface area contributed by atoms with Gasteiger partial charge < -0.3 is 0 Å². The Morgan fingerprint density at radius 3 is 3.00 bits per heavy atom. The molecule has 80 valence electrons. The van der Waals surface area contributed by atoms with Crippen LogP contribution in [0.4, 0.5) is 0 Å². The summed E-state index contributed by atoms with van der Waals surface area (Å²) in [5, 5.41) is 3.17. The van der Waals surface area contributed by atoms with Crippen molar-refractivity contribution in [3.05, 3.63) is 39.3 Å². The number of rotatable bonds is 0. The van der Waals surface area contributed by atoms with Crippen LogP contribution in [0.5, 0.6) is 0 Å². The molecule has 0 heteroatoms. The van der Waals surface area contributed by atoms with Crippen LogP contribution in [0.1, 0.15) is 42.4 Å². The second-order valence-corrected chi connectivity index (χ2v) is 5.19. The largest absolute Gasteiger partial charge is 0.0801 e. The van der Waals surface area contributed by atoms with Gasteiger partial charge in [0.15, 0.2) is 0 Å². The van der Waals surface area contributed by atoms with Crippen molar-refractivity contribution in [3.8, 4) is 0 Å². The van der Waals surface area contributed by atoms with Gasteiger partial charge in [0.2, 0.25) is 0 Å². The average molecular weight is 208 g/mol. The molecular weight excluding hydrogens is 192 g/mol. The highest BCUT2D eigenvalue weighted by Gasteiger charge is 2.21. The summed E-state index contributed by atoms with van der Waals surface area (Å²) in [7, 11) is 0. The maximum Gasteiger partial charge on any atom is -0.0152 e. The van der Waals surface area contributed by atoms with Crippen LogP contribution in [-0.2, 0) is 12.8 Å². The van der Waals surface area contributed by atoms with E-state index in [2.05, 4.69) is 24.3 Å². The van der Waals surface area contributed by atoms with E-state index in [4.69, 9.17) is 0 Å². The van der Waals surface area contributed by atoms with Gasteiger partial charge in [-0.2, -0.15) is 0 Å². The summed E-state index contributed by atoms with van der Waals surface area (Å²) in [4.78, 5) is 0. The minimum atomic E-state index is 1.11. The Bertz CT molecular complexity index is 614. The molecule has 0 saturated carbocycles. The molecular formula is C16H16. The Hall–Kier alpha value is -1.30. The van der Waals surface area contributed by atoms with E-state index in [-0.39, 0.29) is 0 Å². The fourth-order valence-corrected chi connectivity index (χ4v) is 3.62. The van der Waals surface area contributed by atoms with Gasteiger partial charge in [-0.1, -0.05) is 29.9 Å². The first kappa shape index (κ1) is 8.81. The predicted octanol–water partition coefficient (Wildman–Crippen LogP) is 2.32. The number of benzene rings is 1. The lowest BCUT2D eigenvalue weighted by Gasteiger charge is -2.17. The third-order valence-electron chi connectivity index (χ3n) is 4.30. The lowest BCUT2D eigenvalue weighted by atomic mass is 9.88. The smallest absolute Gasteiger partial charge is 0.0152 e. The summed E-state index contributed by atoms with van der Waals surface area (Å²) < 4.78 is 0. The molecule has 0 bridgehead atoms. The highest BCUT2D eigenvalue weighted by molar-refractivity contribution is 5.67. The molecule has 16 heavy (non-hydrogen) atoms. The number of allylic oxidation sites excluding steroid dienone is 1. The summed E-state index contributed by atoms with van der Waals surface area (Å²) in [6, 6.07) is 2.45. The number of aryl methyl sites for hydroxylation is 1. The Morgan fingerprint density at radius 2 is 2.00 bits per heavy atom. The molecule has 0 N–H and O–H groups in total. The molecule has 0 nitrogen and oxygen atoms in total. The van der Waals surface area contributed by atoms with Gasteiger partial charge in [-0.25, -0.2) is 0 Å². The standard InChI is InChI=1S/C16H16/c1-2-6-14-12(4-1)10-13-9-8-11-5-3-7-15(14)16(11)13/h2,4,6,10H,1,3,5,7-9H2. The second-order valence-electron chi connectivity index (χ2n) is 5.19. The van der Waals surface area contributed by atoms with Crippen LogP contribution in [0.15, 0.2) is 12.1 Å². The van der Waals surface area contributed by atoms with E-state index in [1.54, 1.807) is 21.9 Å². The molecule has 1 aromatic rings. The van der Waals surface area contributed by atoms with Crippen LogP contribution < -0.4 is 10.4 Å². The van der Waals surface area contributed by atoms with E-state index in [1.165, 1.54) is 42.9 Å². The summed E-state index contributed by atoms with van der Waals surface area (Å²) in [6.07, 6.45) is 14.8. The maximum atomic E-state index is 2.45. The predicted molar refractivity (Wildman–Crippen MR) is 68.5 cm³/mol. The van der Waals surface area contributed by atoms with Crippen molar-refractivity contribution in [2.24, 2.45) is 0 Å². The number of fused-ring (bicyclic) bond motifs is 2. The van der Waals surface area contributed by atoms with Crippen LogP contribution >= 0.6 is 0 Å². The van der Waals surface area contributed by atoms with Crippen LogP contribution in [0.2, 0.25) is 0 Å². The monoisotopic (exact) mass is 208 g/mol. The molecule has 3 aliphatic carbocycles. The Labute approximate surface area is 96.0 Å². The van der Waals surface area contributed by atoms with Gasteiger partial charge in [0.05, 0.1) is 0 Å². The van der Waals surface area contributed by atoms with Gasteiger partial charge in [0.25, 0.3) is 0 Å².